The van der Waals surface area contributed by atoms with Crippen LogP contribution in [0.5, 0.6) is 0 Å². The summed E-state index contributed by atoms with van der Waals surface area (Å²) in [4.78, 5) is 15.8. The molecule has 1 aliphatic heterocycles. The van der Waals surface area contributed by atoms with Gasteiger partial charge in [-0.2, -0.15) is 0 Å². The molecule has 15 heavy (non-hydrogen) atoms. The summed E-state index contributed by atoms with van der Waals surface area (Å²) in [7, 11) is 0. The van der Waals surface area contributed by atoms with Crippen molar-refractivity contribution in [2.75, 3.05) is 0 Å². The number of pyridine rings is 1. The maximum atomic E-state index is 11.3. The number of hydrogen-bond acceptors (Lipinski definition) is 4. The van der Waals surface area contributed by atoms with Crippen LogP contribution in [-0.4, -0.2) is 15.2 Å². The number of hydrogen-bond donors (Lipinski definition) is 1. The van der Waals surface area contributed by atoms with Crippen LogP contribution < -0.4 is 5.32 Å². The smallest absolute Gasteiger partial charge is 0.263 e. The predicted molar refractivity (Wildman–Crippen MR) is 65.6 cm³/mol. The lowest BCUT2D eigenvalue weighted by Gasteiger charge is -1.94. The molecule has 0 unspecified atom stereocenters. The molecular formula is C9H5ClN2OS2. The summed E-state index contributed by atoms with van der Waals surface area (Å²) in [5.74, 6) is -0.167. The summed E-state index contributed by atoms with van der Waals surface area (Å²) in [6, 6.07) is 3.46. The third kappa shape index (κ3) is 2.56. The van der Waals surface area contributed by atoms with Gasteiger partial charge in [0.1, 0.15) is 9.47 Å². The molecule has 1 aromatic heterocycles. The van der Waals surface area contributed by atoms with E-state index in [-0.39, 0.29) is 5.91 Å². The molecule has 76 valence electrons. The van der Waals surface area contributed by atoms with Crippen molar-refractivity contribution in [1.82, 2.24) is 10.3 Å². The minimum Gasteiger partial charge on any atom is -0.307 e. The summed E-state index contributed by atoms with van der Waals surface area (Å²) < 4.78 is 0.480. The number of carbonyl (C=O) groups is 1. The fourth-order valence-electron chi connectivity index (χ4n) is 1.05. The normalized spacial score (nSPS) is 18.3. The molecule has 6 heteroatoms. The van der Waals surface area contributed by atoms with Gasteiger partial charge in [-0.3, -0.25) is 4.79 Å². The van der Waals surface area contributed by atoms with Crippen molar-refractivity contribution < 1.29 is 4.79 Å². The van der Waals surface area contributed by atoms with E-state index in [2.05, 4.69) is 10.3 Å². The summed E-state index contributed by atoms with van der Waals surface area (Å²) in [5.41, 5.74) is 0.821. The molecule has 2 heterocycles. The molecule has 0 aromatic carbocycles. The minimum absolute atomic E-state index is 0.167. The molecule has 0 atom stereocenters. The van der Waals surface area contributed by atoms with Gasteiger partial charge in [0.2, 0.25) is 0 Å². The van der Waals surface area contributed by atoms with Crippen LogP contribution in [0.1, 0.15) is 5.56 Å². The highest BCUT2D eigenvalue weighted by Gasteiger charge is 2.21. The van der Waals surface area contributed by atoms with Gasteiger partial charge in [-0.15, -0.1) is 0 Å². The molecule has 1 amide bonds. The lowest BCUT2D eigenvalue weighted by atomic mass is 10.2. The Morgan fingerprint density at radius 3 is 2.87 bits per heavy atom. The first kappa shape index (κ1) is 10.6. The number of rotatable bonds is 1. The van der Waals surface area contributed by atoms with Gasteiger partial charge in [-0.05, 0) is 17.7 Å². The standard InChI is InChI=1S/C9H5ClN2OS2/c10-7-2-1-5(4-11-7)3-6-8(13)12-9(14)15-6/h1-4H,(H,12,13,14). The van der Waals surface area contributed by atoms with Crippen molar-refractivity contribution in [2.45, 2.75) is 0 Å². The molecule has 3 nitrogen and oxygen atoms in total. The number of carbonyl (C=O) groups excluding carboxylic acids is 1. The van der Waals surface area contributed by atoms with Crippen LogP contribution in [-0.2, 0) is 4.79 Å². The van der Waals surface area contributed by atoms with E-state index < -0.39 is 0 Å². The van der Waals surface area contributed by atoms with E-state index in [0.29, 0.717) is 14.4 Å². The van der Waals surface area contributed by atoms with Crippen molar-refractivity contribution in [3.05, 3.63) is 34.0 Å². The number of thioether (sulfide) groups is 1. The van der Waals surface area contributed by atoms with Crippen molar-refractivity contribution in [2.24, 2.45) is 0 Å². The second-order valence-corrected chi connectivity index (χ2v) is 4.87. The molecule has 0 radical (unpaired) electrons. The Hall–Kier alpha value is -0.910. The van der Waals surface area contributed by atoms with Crippen LogP contribution in [0.15, 0.2) is 23.2 Å². The minimum atomic E-state index is -0.167. The fourth-order valence-corrected chi connectivity index (χ4v) is 2.20. The fraction of sp³-hybridized carbons (Fsp3) is 0. The maximum absolute atomic E-state index is 11.3. The molecule has 1 aliphatic rings. The van der Waals surface area contributed by atoms with E-state index in [1.165, 1.54) is 11.8 Å². The molecule has 1 saturated heterocycles. The Kier molecular flexibility index (Phi) is 3.04. The van der Waals surface area contributed by atoms with E-state index in [1.54, 1.807) is 24.4 Å². The molecule has 0 aliphatic carbocycles. The van der Waals surface area contributed by atoms with Gasteiger partial charge in [-0.25, -0.2) is 4.98 Å². The van der Waals surface area contributed by atoms with Crippen LogP contribution in [0.3, 0.4) is 0 Å². The number of halogens is 1. The first-order chi connectivity index (χ1) is 7.15. The second-order valence-electron chi connectivity index (χ2n) is 2.77. The van der Waals surface area contributed by atoms with E-state index >= 15 is 0 Å². The third-order valence-electron chi connectivity index (χ3n) is 1.69. The summed E-state index contributed by atoms with van der Waals surface area (Å²) in [5, 5.41) is 2.97. The first-order valence-electron chi connectivity index (χ1n) is 4.01. The largest absolute Gasteiger partial charge is 0.307 e. The number of thiocarbonyl (C=S) groups is 1. The van der Waals surface area contributed by atoms with E-state index in [0.717, 1.165) is 5.56 Å². The average Bonchev–Trinajstić information content (AvgIpc) is 2.49. The van der Waals surface area contributed by atoms with Gasteiger partial charge >= 0.3 is 0 Å². The summed E-state index contributed by atoms with van der Waals surface area (Å²) >= 11 is 11.8. The highest BCUT2D eigenvalue weighted by Crippen LogP contribution is 2.25. The van der Waals surface area contributed by atoms with Crippen LogP contribution in [0.4, 0.5) is 0 Å². The van der Waals surface area contributed by atoms with Crippen LogP contribution in [0, 0.1) is 0 Å². The zero-order valence-electron chi connectivity index (χ0n) is 7.36. The van der Waals surface area contributed by atoms with E-state index in [1.807, 2.05) is 0 Å². The predicted octanol–water partition coefficient (Wildman–Crippen LogP) is 2.22. The highest BCUT2D eigenvalue weighted by atomic mass is 35.5. The number of amides is 1. The monoisotopic (exact) mass is 256 g/mol. The SMILES string of the molecule is O=C1NC(=S)SC1=Cc1ccc(Cl)nc1. The third-order valence-corrected chi connectivity index (χ3v) is 3.08. The van der Waals surface area contributed by atoms with Gasteiger partial charge in [0.15, 0.2) is 0 Å². The molecule has 0 bridgehead atoms. The maximum Gasteiger partial charge on any atom is 0.263 e. The van der Waals surface area contributed by atoms with Crippen LogP contribution in [0.2, 0.25) is 5.15 Å². The van der Waals surface area contributed by atoms with Crippen LogP contribution >= 0.6 is 35.6 Å². The quantitative estimate of drug-likeness (QED) is 0.475. The molecule has 0 spiro atoms. The number of nitrogens with one attached hydrogen (secondary N) is 1. The van der Waals surface area contributed by atoms with Gasteiger partial charge in [0, 0.05) is 6.20 Å². The van der Waals surface area contributed by atoms with Gasteiger partial charge in [-0.1, -0.05) is 41.6 Å². The highest BCUT2D eigenvalue weighted by molar-refractivity contribution is 8.26. The summed E-state index contributed by atoms with van der Waals surface area (Å²) in [6.45, 7) is 0. The molecule has 0 saturated carbocycles. The Labute approximate surface area is 101 Å². The van der Waals surface area contributed by atoms with E-state index in [4.69, 9.17) is 23.8 Å². The number of aromatic nitrogens is 1. The summed E-state index contributed by atoms with van der Waals surface area (Å²) in [6.07, 6.45) is 3.33. The zero-order chi connectivity index (χ0) is 10.8. The van der Waals surface area contributed by atoms with Gasteiger partial charge in [0.25, 0.3) is 5.91 Å². The average molecular weight is 257 g/mol. The topological polar surface area (TPSA) is 42.0 Å². The van der Waals surface area contributed by atoms with E-state index in [9.17, 15) is 4.79 Å². The van der Waals surface area contributed by atoms with Gasteiger partial charge in [0.05, 0.1) is 4.91 Å². The van der Waals surface area contributed by atoms with Gasteiger partial charge < -0.3 is 5.32 Å². The molecule has 1 aromatic rings. The molecular weight excluding hydrogens is 252 g/mol. The lowest BCUT2D eigenvalue weighted by Crippen LogP contribution is -2.17. The number of nitrogens with zero attached hydrogens (tertiary/aromatic N) is 1. The molecule has 1 N–H and O–H groups in total. The second kappa shape index (κ2) is 4.30. The first-order valence-corrected chi connectivity index (χ1v) is 5.62. The molecule has 2 rings (SSSR count). The van der Waals surface area contributed by atoms with Crippen LogP contribution in [0.25, 0.3) is 6.08 Å². The Bertz CT molecular complexity index is 456. The molecule has 1 fully saturated rings. The van der Waals surface area contributed by atoms with Crippen molar-refractivity contribution >= 4 is 51.9 Å². The lowest BCUT2D eigenvalue weighted by molar-refractivity contribution is -0.115. The Morgan fingerprint density at radius 2 is 2.33 bits per heavy atom. The van der Waals surface area contributed by atoms with Crippen molar-refractivity contribution in [3.63, 3.8) is 0 Å². The van der Waals surface area contributed by atoms with Crippen molar-refractivity contribution in [3.8, 4) is 0 Å². The Morgan fingerprint density at radius 1 is 1.53 bits per heavy atom. The van der Waals surface area contributed by atoms with Crippen molar-refractivity contribution in [1.29, 1.82) is 0 Å². The zero-order valence-corrected chi connectivity index (χ0v) is 9.75. The Balaban J connectivity index is 2.27.